The van der Waals surface area contributed by atoms with Gasteiger partial charge in [-0.1, -0.05) is 23.7 Å². The fraction of sp³-hybridized carbons (Fsp3) is 0.111. The molecule has 8 heteroatoms. The van der Waals surface area contributed by atoms with Crippen molar-refractivity contribution in [3.8, 4) is 0 Å². The summed E-state index contributed by atoms with van der Waals surface area (Å²) in [6, 6.07) is 11.6. The lowest BCUT2D eigenvalue weighted by atomic mass is 10.1. The fourth-order valence-electron chi connectivity index (χ4n) is 2.49. The zero-order valence-corrected chi connectivity index (χ0v) is 14.3. The van der Waals surface area contributed by atoms with Gasteiger partial charge >= 0.3 is 5.97 Å². The summed E-state index contributed by atoms with van der Waals surface area (Å²) in [5, 5.41) is 16.7. The number of nitrogens with one attached hydrogen (secondary N) is 1. The Hall–Kier alpha value is -3.19. The van der Waals surface area contributed by atoms with Gasteiger partial charge in [0.1, 0.15) is 5.69 Å². The summed E-state index contributed by atoms with van der Waals surface area (Å²) in [7, 11) is 0. The molecule has 0 spiro atoms. The number of pyridine rings is 1. The quantitative estimate of drug-likeness (QED) is 0.695. The summed E-state index contributed by atoms with van der Waals surface area (Å²) in [6.07, 6.45) is 4.76. The third kappa shape index (κ3) is 4.07. The molecule has 3 rings (SSSR count). The lowest BCUT2D eigenvalue weighted by Gasteiger charge is -2.19. The molecule has 2 aromatic heterocycles. The SMILES string of the molecule is O=C(NCC(c1ccc(Cl)cc1)n1cccn1)c1ccnc(C(=O)O)c1. The molecular weight excluding hydrogens is 356 g/mol. The Kier molecular flexibility index (Phi) is 5.28. The van der Waals surface area contributed by atoms with Crippen LogP contribution in [0.15, 0.2) is 61.1 Å². The normalized spacial score (nSPS) is 11.7. The molecule has 26 heavy (non-hydrogen) atoms. The number of amides is 1. The predicted molar refractivity (Wildman–Crippen MR) is 95.3 cm³/mol. The minimum Gasteiger partial charge on any atom is -0.477 e. The van der Waals surface area contributed by atoms with E-state index in [9.17, 15) is 9.59 Å². The lowest BCUT2D eigenvalue weighted by Crippen LogP contribution is -2.31. The van der Waals surface area contributed by atoms with Crippen molar-refractivity contribution in [2.75, 3.05) is 6.54 Å². The smallest absolute Gasteiger partial charge is 0.354 e. The first-order valence-corrected chi connectivity index (χ1v) is 8.14. The number of nitrogens with zero attached hydrogens (tertiary/aromatic N) is 3. The van der Waals surface area contributed by atoms with E-state index in [0.29, 0.717) is 5.02 Å². The number of halogens is 1. The van der Waals surface area contributed by atoms with Crippen LogP contribution in [0.1, 0.15) is 32.5 Å². The average molecular weight is 371 g/mol. The Bertz CT molecular complexity index is 910. The summed E-state index contributed by atoms with van der Waals surface area (Å²) in [4.78, 5) is 27.1. The molecule has 1 amide bonds. The van der Waals surface area contributed by atoms with Crippen molar-refractivity contribution < 1.29 is 14.7 Å². The van der Waals surface area contributed by atoms with Crippen molar-refractivity contribution in [1.82, 2.24) is 20.1 Å². The molecule has 3 aromatic rings. The van der Waals surface area contributed by atoms with Gasteiger partial charge in [0.15, 0.2) is 0 Å². The number of carboxylic acids is 1. The number of carboxylic acid groups (broad SMARTS) is 1. The van der Waals surface area contributed by atoms with Crippen LogP contribution in [-0.4, -0.2) is 38.3 Å². The van der Waals surface area contributed by atoms with E-state index in [-0.39, 0.29) is 29.8 Å². The van der Waals surface area contributed by atoms with E-state index in [4.69, 9.17) is 16.7 Å². The van der Waals surface area contributed by atoms with Crippen molar-refractivity contribution in [3.05, 3.63) is 82.9 Å². The minimum atomic E-state index is -1.18. The Morgan fingerprint density at radius 2 is 1.96 bits per heavy atom. The summed E-state index contributed by atoms with van der Waals surface area (Å²) < 4.78 is 1.73. The number of aromatic nitrogens is 3. The molecule has 132 valence electrons. The van der Waals surface area contributed by atoms with Gasteiger partial charge in [0.25, 0.3) is 5.91 Å². The molecule has 0 aliphatic carbocycles. The number of hydrogen-bond acceptors (Lipinski definition) is 4. The van der Waals surface area contributed by atoms with Crippen LogP contribution in [0.4, 0.5) is 0 Å². The van der Waals surface area contributed by atoms with Crippen molar-refractivity contribution in [3.63, 3.8) is 0 Å². The highest BCUT2D eigenvalue weighted by Crippen LogP contribution is 2.19. The van der Waals surface area contributed by atoms with Gasteiger partial charge in [-0.25, -0.2) is 9.78 Å². The molecule has 0 aliphatic rings. The van der Waals surface area contributed by atoms with Crippen molar-refractivity contribution in [2.45, 2.75) is 6.04 Å². The van der Waals surface area contributed by atoms with E-state index in [1.807, 2.05) is 12.1 Å². The maximum absolute atomic E-state index is 12.4. The number of aromatic carboxylic acids is 1. The Balaban J connectivity index is 1.78. The van der Waals surface area contributed by atoms with Gasteiger partial charge in [0.2, 0.25) is 0 Å². The Morgan fingerprint density at radius 3 is 2.62 bits per heavy atom. The largest absolute Gasteiger partial charge is 0.477 e. The number of benzene rings is 1. The monoisotopic (exact) mass is 370 g/mol. The number of carbonyl (C=O) groups excluding carboxylic acids is 1. The second-order valence-electron chi connectivity index (χ2n) is 5.50. The first kappa shape index (κ1) is 17.6. The number of hydrogen-bond donors (Lipinski definition) is 2. The van der Waals surface area contributed by atoms with E-state index >= 15 is 0 Å². The van der Waals surface area contributed by atoms with Gasteiger partial charge in [0.05, 0.1) is 6.04 Å². The molecule has 2 heterocycles. The highest BCUT2D eigenvalue weighted by molar-refractivity contribution is 6.30. The van der Waals surface area contributed by atoms with E-state index in [1.165, 1.54) is 18.3 Å². The van der Waals surface area contributed by atoms with E-state index < -0.39 is 5.97 Å². The van der Waals surface area contributed by atoms with Crippen LogP contribution in [-0.2, 0) is 0 Å². The average Bonchev–Trinajstić information content (AvgIpc) is 3.17. The summed E-state index contributed by atoms with van der Waals surface area (Å²) in [5.74, 6) is -1.57. The lowest BCUT2D eigenvalue weighted by molar-refractivity contribution is 0.0690. The van der Waals surface area contributed by atoms with Crippen LogP contribution >= 0.6 is 11.6 Å². The third-order valence-corrected chi connectivity index (χ3v) is 4.05. The van der Waals surface area contributed by atoms with Crippen molar-refractivity contribution >= 4 is 23.5 Å². The molecule has 0 aliphatic heterocycles. The van der Waals surface area contributed by atoms with Crippen LogP contribution in [0.25, 0.3) is 0 Å². The van der Waals surface area contributed by atoms with Crippen LogP contribution in [0.3, 0.4) is 0 Å². The van der Waals surface area contributed by atoms with Gasteiger partial charge in [-0.15, -0.1) is 0 Å². The second kappa shape index (κ2) is 7.79. The van der Waals surface area contributed by atoms with Gasteiger partial charge < -0.3 is 10.4 Å². The van der Waals surface area contributed by atoms with Gasteiger partial charge in [-0.2, -0.15) is 5.10 Å². The zero-order valence-electron chi connectivity index (χ0n) is 13.5. The minimum absolute atomic E-state index is 0.182. The fourth-order valence-corrected chi connectivity index (χ4v) is 2.62. The summed E-state index contributed by atoms with van der Waals surface area (Å²) >= 11 is 5.94. The summed E-state index contributed by atoms with van der Waals surface area (Å²) in [6.45, 7) is 0.271. The van der Waals surface area contributed by atoms with Gasteiger partial charge in [0, 0.05) is 35.7 Å². The molecule has 0 fully saturated rings. The number of carbonyl (C=O) groups is 2. The highest BCUT2D eigenvalue weighted by Gasteiger charge is 2.17. The Morgan fingerprint density at radius 1 is 1.19 bits per heavy atom. The molecule has 0 saturated carbocycles. The summed E-state index contributed by atoms with van der Waals surface area (Å²) in [5.41, 5.74) is 0.978. The number of rotatable bonds is 6. The van der Waals surface area contributed by atoms with Crippen LogP contribution in [0.2, 0.25) is 5.02 Å². The third-order valence-electron chi connectivity index (χ3n) is 3.80. The van der Waals surface area contributed by atoms with Crippen LogP contribution in [0, 0.1) is 0 Å². The standard InChI is InChI=1S/C18H15ClN4O3/c19-14-4-2-12(3-5-14)16(23-9-1-7-22-23)11-21-17(24)13-6-8-20-15(10-13)18(25)26/h1-10,16H,11H2,(H,21,24)(H,25,26). The first-order valence-electron chi connectivity index (χ1n) is 7.77. The Labute approximate surface area is 154 Å². The van der Waals surface area contributed by atoms with E-state index in [2.05, 4.69) is 15.4 Å². The second-order valence-corrected chi connectivity index (χ2v) is 5.93. The van der Waals surface area contributed by atoms with Crippen molar-refractivity contribution in [2.24, 2.45) is 0 Å². The van der Waals surface area contributed by atoms with Gasteiger partial charge in [-0.3, -0.25) is 9.48 Å². The highest BCUT2D eigenvalue weighted by atomic mass is 35.5. The molecule has 1 atom stereocenters. The molecule has 0 radical (unpaired) electrons. The topological polar surface area (TPSA) is 97.1 Å². The molecule has 0 saturated heterocycles. The predicted octanol–water partition coefficient (Wildman–Crippen LogP) is 2.65. The maximum atomic E-state index is 12.4. The molecule has 0 bridgehead atoms. The van der Waals surface area contributed by atoms with E-state index in [1.54, 1.807) is 35.3 Å². The maximum Gasteiger partial charge on any atom is 0.354 e. The first-order chi connectivity index (χ1) is 12.5. The zero-order chi connectivity index (χ0) is 18.5. The van der Waals surface area contributed by atoms with Crippen molar-refractivity contribution in [1.29, 1.82) is 0 Å². The molecular formula is C18H15ClN4O3. The van der Waals surface area contributed by atoms with E-state index in [0.717, 1.165) is 5.56 Å². The van der Waals surface area contributed by atoms with Gasteiger partial charge in [-0.05, 0) is 35.9 Å². The molecule has 1 unspecified atom stereocenters. The van der Waals surface area contributed by atoms with Crippen LogP contribution < -0.4 is 5.32 Å². The molecule has 7 nitrogen and oxygen atoms in total. The van der Waals surface area contributed by atoms with Crippen LogP contribution in [0.5, 0.6) is 0 Å². The molecule has 1 aromatic carbocycles. The molecule has 2 N–H and O–H groups in total.